The van der Waals surface area contributed by atoms with Gasteiger partial charge in [0.15, 0.2) is 0 Å². The highest BCUT2D eigenvalue weighted by Crippen LogP contribution is 2.31. The smallest absolute Gasteiger partial charge is 0.358 e. The van der Waals surface area contributed by atoms with Crippen molar-refractivity contribution in [3.05, 3.63) is 56.7 Å². The van der Waals surface area contributed by atoms with Crippen LogP contribution in [-0.4, -0.2) is 31.3 Å². The number of hydrogen-bond donors (Lipinski definition) is 0. The number of imidazole rings is 1. The molecule has 0 radical (unpaired) electrons. The average Bonchev–Trinajstić information content (AvgIpc) is 3.35. The Bertz CT molecular complexity index is 830. The molecule has 3 rings (SSSR count). The quantitative estimate of drug-likeness (QED) is 0.544. The third-order valence-corrected chi connectivity index (χ3v) is 4.77. The van der Waals surface area contributed by atoms with E-state index < -0.39 is 10.7 Å². The predicted molar refractivity (Wildman–Crippen MR) is 93.2 cm³/mol. The normalized spacial score (nSPS) is 13.7. The SMILES string of the molecule is Cc1nc([N+](=O)[O-])cn1CCC(=O)N(Cc1c(F)cccc1Cl)C1CC1. The molecule has 138 valence electrons. The number of hydrogen-bond acceptors (Lipinski definition) is 4. The van der Waals surface area contributed by atoms with Gasteiger partial charge < -0.3 is 19.6 Å². The number of rotatable bonds is 7. The summed E-state index contributed by atoms with van der Waals surface area (Å²) in [6, 6.07) is 4.55. The number of halogens is 2. The van der Waals surface area contributed by atoms with Crippen molar-refractivity contribution in [1.29, 1.82) is 0 Å². The van der Waals surface area contributed by atoms with Gasteiger partial charge in [0.25, 0.3) is 0 Å². The van der Waals surface area contributed by atoms with E-state index in [1.54, 1.807) is 22.5 Å². The maximum absolute atomic E-state index is 14.0. The van der Waals surface area contributed by atoms with Crippen molar-refractivity contribution in [2.75, 3.05) is 0 Å². The van der Waals surface area contributed by atoms with Gasteiger partial charge >= 0.3 is 5.82 Å². The molecule has 1 aromatic carbocycles. The Morgan fingerprint density at radius 2 is 2.23 bits per heavy atom. The monoisotopic (exact) mass is 380 g/mol. The Labute approximate surface area is 154 Å². The van der Waals surface area contributed by atoms with E-state index >= 15 is 0 Å². The number of aromatic nitrogens is 2. The fourth-order valence-corrected chi connectivity index (χ4v) is 3.05. The van der Waals surface area contributed by atoms with Crippen LogP contribution in [0.15, 0.2) is 24.4 Å². The molecular formula is C17H18ClFN4O3. The van der Waals surface area contributed by atoms with E-state index in [1.165, 1.54) is 18.3 Å². The Kier molecular flexibility index (Phi) is 5.22. The molecule has 0 unspecified atom stereocenters. The number of nitrogens with zero attached hydrogens (tertiary/aromatic N) is 4. The minimum Gasteiger partial charge on any atom is -0.358 e. The molecule has 1 fully saturated rings. The molecule has 1 aliphatic rings. The fraction of sp³-hybridized carbons (Fsp3) is 0.412. The second-order valence-electron chi connectivity index (χ2n) is 6.30. The first-order valence-electron chi connectivity index (χ1n) is 8.27. The van der Waals surface area contributed by atoms with Gasteiger partial charge in [-0.05, 0) is 34.9 Å². The predicted octanol–water partition coefficient (Wildman–Crippen LogP) is 3.47. The van der Waals surface area contributed by atoms with Crippen LogP contribution in [0.1, 0.15) is 30.7 Å². The molecule has 0 bridgehead atoms. The minimum absolute atomic E-state index is 0.0939. The lowest BCUT2D eigenvalue weighted by Gasteiger charge is -2.23. The highest BCUT2D eigenvalue weighted by molar-refractivity contribution is 6.31. The number of amides is 1. The van der Waals surface area contributed by atoms with Crippen LogP contribution >= 0.6 is 11.6 Å². The molecule has 0 saturated heterocycles. The molecule has 1 amide bonds. The number of carbonyl (C=O) groups is 1. The van der Waals surface area contributed by atoms with Crippen molar-refractivity contribution >= 4 is 23.3 Å². The first kappa shape index (κ1) is 18.3. The molecule has 0 atom stereocenters. The average molecular weight is 381 g/mol. The Hall–Kier alpha value is -2.48. The maximum atomic E-state index is 14.0. The molecule has 2 aromatic rings. The van der Waals surface area contributed by atoms with Gasteiger partial charge in [0.1, 0.15) is 12.0 Å². The van der Waals surface area contributed by atoms with Gasteiger partial charge in [0, 0.05) is 36.5 Å². The fourth-order valence-electron chi connectivity index (χ4n) is 2.83. The van der Waals surface area contributed by atoms with Gasteiger partial charge in [0.2, 0.25) is 11.7 Å². The molecule has 7 nitrogen and oxygen atoms in total. The molecule has 1 aromatic heterocycles. The van der Waals surface area contributed by atoms with Crippen molar-refractivity contribution < 1.29 is 14.1 Å². The van der Waals surface area contributed by atoms with E-state index in [-0.39, 0.29) is 37.3 Å². The van der Waals surface area contributed by atoms with Crippen LogP contribution in [0.4, 0.5) is 10.2 Å². The van der Waals surface area contributed by atoms with Crippen LogP contribution in [0, 0.1) is 22.9 Å². The molecule has 1 saturated carbocycles. The van der Waals surface area contributed by atoms with Crippen LogP contribution in [0.2, 0.25) is 5.02 Å². The van der Waals surface area contributed by atoms with Gasteiger partial charge in [0.05, 0.1) is 6.54 Å². The first-order valence-corrected chi connectivity index (χ1v) is 8.65. The molecule has 1 aliphatic carbocycles. The van der Waals surface area contributed by atoms with E-state index in [2.05, 4.69) is 4.98 Å². The van der Waals surface area contributed by atoms with Crippen molar-refractivity contribution in [2.45, 2.75) is 45.3 Å². The summed E-state index contributed by atoms with van der Waals surface area (Å²) in [6.45, 7) is 2.05. The lowest BCUT2D eigenvalue weighted by molar-refractivity contribution is -0.389. The third-order valence-electron chi connectivity index (χ3n) is 4.42. The van der Waals surface area contributed by atoms with Gasteiger partial charge in [-0.15, -0.1) is 0 Å². The third kappa shape index (κ3) is 4.01. The molecule has 26 heavy (non-hydrogen) atoms. The topological polar surface area (TPSA) is 81.3 Å². The summed E-state index contributed by atoms with van der Waals surface area (Å²) >= 11 is 6.08. The summed E-state index contributed by atoms with van der Waals surface area (Å²) in [6.07, 6.45) is 3.23. The molecule has 9 heteroatoms. The molecular weight excluding hydrogens is 363 g/mol. The van der Waals surface area contributed by atoms with Crippen molar-refractivity contribution in [3.8, 4) is 0 Å². The van der Waals surface area contributed by atoms with Gasteiger partial charge in [-0.25, -0.2) is 4.39 Å². The van der Waals surface area contributed by atoms with Crippen LogP contribution in [0.5, 0.6) is 0 Å². The lowest BCUT2D eigenvalue weighted by atomic mass is 10.2. The van der Waals surface area contributed by atoms with E-state index in [1.807, 2.05) is 0 Å². The highest BCUT2D eigenvalue weighted by Gasteiger charge is 2.33. The van der Waals surface area contributed by atoms with Gasteiger partial charge in [-0.2, -0.15) is 0 Å². The standard InChI is InChI=1S/C17H18ClFN4O3/c1-11-20-16(23(25)26)10-21(11)8-7-17(24)22(12-5-6-12)9-13-14(18)3-2-4-15(13)19/h2-4,10,12H,5-9H2,1H3. The zero-order valence-corrected chi connectivity index (χ0v) is 14.9. The maximum Gasteiger partial charge on any atom is 0.381 e. The minimum atomic E-state index is -0.567. The van der Waals surface area contributed by atoms with Gasteiger partial charge in [-0.1, -0.05) is 17.7 Å². The second kappa shape index (κ2) is 7.41. The van der Waals surface area contributed by atoms with Crippen LogP contribution < -0.4 is 0 Å². The number of benzene rings is 1. The van der Waals surface area contributed by atoms with Gasteiger partial charge in [-0.3, -0.25) is 4.79 Å². The molecule has 0 N–H and O–H groups in total. The summed E-state index contributed by atoms with van der Waals surface area (Å²) in [5, 5.41) is 11.1. The van der Waals surface area contributed by atoms with E-state index in [0.29, 0.717) is 16.4 Å². The van der Waals surface area contributed by atoms with E-state index in [0.717, 1.165) is 12.8 Å². The van der Waals surface area contributed by atoms with E-state index in [9.17, 15) is 19.3 Å². The number of carbonyl (C=O) groups excluding carboxylic acids is 1. The van der Waals surface area contributed by atoms with Crippen molar-refractivity contribution in [3.63, 3.8) is 0 Å². The highest BCUT2D eigenvalue weighted by atomic mass is 35.5. The van der Waals surface area contributed by atoms with Crippen LogP contribution in [0.25, 0.3) is 0 Å². The number of nitro groups is 1. The second-order valence-corrected chi connectivity index (χ2v) is 6.71. The number of aryl methyl sites for hydroxylation is 2. The summed E-state index contributed by atoms with van der Waals surface area (Å²) < 4.78 is 15.6. The van der Waals surface area contributed by atoms with Crippen molar-refractivity contribution in [1.82, 2.24) is 14.5 Å². The zero-order chi connectivity index (χ0) is 18.8. The lowest BCUT2D eigenvalue weighted by Crippen LogP contribution is -2.33. The molecule has 0 spiro atoms. The molecule has 1 heterocycles. The Morgan fingerprint density at radius 3 is 2.81 bits per heavy atom. The van der Waals surface area contributed by atoms with Crippen molar-refractivity contribution in [2.24, 2.45) is 0 Å². The zero-order valence-electron chi connectivity index (χ0n) is 14.2. The largest absolute Gasteiger partial charge is 0.381 e. The summed E-state index contributed by atoms with van der Waals surface area (Å²) in [7, 11) is 0. The summed E-state index contributed by atoms with van der Waals surface area (Å²) in [5.74, 6) is -0.341. The Balaban J connectivity index is 1.69. The Morgan fingerprint density at radius 1 is 1.50 bits per heavy atom. The van der Waals surface area contributed by atoms with Crippen LogP contribution in [-0.2, 0) is 17.9 Å². The van der Waals surface area contributed by atoms with E-state index in [4.69, 9.17) is 11.6 Å². The molecule has 0 aliphatic heterocycles. The first-order chi connectivity index (χ1) is 12.4. The van der Waals surface area contributed by atoms with Crippen LogP contribution in [0.3, 0.4) is 0 Å². The summed E-state index contributed by atoms with van der Waals surface area (Å²) in [4.78, 5) is 28.4. The summed E-state index contributed by atoms with van der Waals surface area (Å²) in [5.41, 5.74) is 0.309.